The molecule has 0 unspecified atom stereocenters. The van der Waals surface area contributed by atoms with Gasteiger partial charge in [0.1, 0.15) is 17.4 Å². The molecule has 2 aromatic carbocycles. The number of methoxy groups -OCH3 is 1. The second-order valence-corrected chi connectivity index (χ2v) is 7.14. The zero-order valence-electron chi connectivity index (χ0n) is 15.4. The van der Waals surface area contributed by atoms with E-state index in [9.17, 15) is 4.79 Å². The summed E-state index contributed by atoms with van der Waals surface area (Å²) >= 11 is 1.50. The number of rotatable bonds is 8. The summed E-state index contributed by atoms with van der Waals surface area (Å²) in [5.74, 6) is 0.715. The van der Waals surface area contributed by atoms with Crippen LogP contribution in [0, 0.1) is 6.92 Å². The number of aromatic nitrogens is 1. The van der Waals surface area contributed by atoms with E-state index in [1.54, 1.807) is 7.11 Å². The van der Waals surface area contributed by atoms with E-state index in [0.29, 0.717) is 13.2 Å². The monoisotopic (exact) mass is 382 g/mol. The van der Waals surface area contributed by atoms with Gasteiger partial charge in [0, 0.05) is 18.2 Å². The Morgan fingerprint density at radius 2 is 1.96 bits per heavy atom. The molecule has 0 bridgehead atoms. The molecule has 3 rings (SSSR count). The van der Waals surface area contributed by atoms with E-state index < -0.39 is 0 Å². The van der Waals surface area contributed by atoms with Crippen molar-refractivity contribution in [3.8, 4) is 5.75 Å². The normalized spacial score (nSPS) is 10.6. The van der Waals surface area contributed by atoms with Gasteiger partial charge in [0.25, 0.3) is 0 Å². The molecule has 0 saturated carbocycles. The molecule has 140 valence electrons. The standard InChI is InChI=1S/C21H22N2O3S/c1-15-6-8-19(9-7-15)26-13-21-23-18(14-27-21)11-20(24)22-17-5-3-4-16(10-17)12-25-2/h3-10,14H,11-13H2,1-2H3,(H,22,24). The van der Waals surface area contributed by atoms with Crippen molar-refractivity contribution in [3.05, 3.63) is 75.7 Å². The fourth-order valence-electron chi connectivity index (χ4n) is 2.55. The highest BCUT2D eigenvalue weighted by Crippen LogP contribution is 2.17. The van der Waals surface area contributed by atoms with Crippen LogP contribution in [-0.4, -0.2) is 18.0 Å². The van der Waals surface area contributed by atoms with Crippen LogP contribution in [0.5, 0.6) is 5.75 Å². The van der Waals surface area contributed by atoms with Gasteiger partial charge in [-0.15, -0.1) is 11.3 Å². The molecule has 0 fully saturated rings. The number of amides is 1. The van der Waals surface area contributed by atoms with Crippen molar-refractivity contribution in [1.29, 1.82) is 0 Å². The molecule has 1 N–H and O–H groups in total. The number of anilines is 1. The van der Waals surface area contributed by atoms with Crippen LogP contribution in [-0.2, 0) is 29.2 Å². The minimum Gasteiger partial charge on any atom is -0.486 e. The van der Waals surface area contributed by atoms with Gasteiger partial charge in [-0.3, -0.25) is 4.79 Å². The van der Waals surface area contributed by atoms with E-state index in [1.165, 1.54) is 16.9 Å². The molecule has 0 aliphatic carbocycles. The molecule has 1 heterocycles. The Hall–Kier alpha value is -2.70. The number of thiazole rings is 1. The van der Waals surface area contributed by atoms with Crippen LogP contribution in [0.2, 0.25) is 0 Å². The van der Waals surface area contributed by atoms with Crippen molar-refractivity contribution in [2.45, 2.75) is 26.6 Å². The quantitative estimate of drug-likeness (QED) is 0.629. The maximum Gasteiger partial charge on any atom is 0.230 e. The van der Waals surface area contributed by atoms with Crippen molar-refractivity contribution in [1.82, 2.24) is 4.98 Å². The number of ether oxygens (including phenoxy) is 2. The maximum absolute atomic E-state index is 12.3. The molecule has 0 atom stereocenters. The molecule has 0 saturated heterocycles. The van der Waals surface area contributed by atoms with Crippen molar-refractivity contribution >= 4 is 22.9 Å². The van der Waals surface area contributed by atoms with Gasteiger partial charge in [-0.25, -0.2) is 4.98 Å². The molecule has 1 aromatic heterocycles. The molecule has 5 nitrogen and oxygen atoms in total. The third-order valence-electron chi connectivity index (χ3n) is 3.85. The first-order chi connectivity index (χ1) is 13.1. The number of aryl methyl sites for hydroxylation is 1. The Morgan fingerprint density at radius 1 is 1.15 bits per heavy atom. The second kappa shape index (κ2) is 9.30. The van der Waals surface area contributed by atoms with Crippen LogP contribution in [0.25, 0.3) is 0 Å². The first kappa shape index (κ1) is 19.1. The van der Waals surface area contributed by atoms with Gasteiger partial charge >= 0.3 is 0 Å². The Morgan fingerprint density at radius 3 is 2.74 bits per heavy atom. The lowest BCUT2D eigenvalue weighted by Crippen LogP contribution is -2.14. The predicted octanol–water partition coefficient (Wildman–Crippen LogP) is 4.36. The predicted molar refractivity (Wildman–Crippen MR) is 107 cm³/mol. The number of carbonyl (C=O) groups excluding carboxylic acids is 1. The summed E-state index contributed by atoms with van der Waals surface area (Å²) in [5.41, 5.74) is 3.71. The van der Waals surface area contributed by atoms with Gasteiger partial charge in [-0.1, -0.05) is 29.8 Å². The molecule has 27 heavy (non-hydrogen) atoms. The highest BCUT2D eigenvalue weighted by molar-refractivity contribution is 7.09. The number of hydrogen-bond acceptors (Lipinski definition) is 5. The number of nitrogens with one attached hydrogen (secondary N) is 1. The van der Waals surface area contributed by atoms with Gasteiger partial charge in [0.15, 0.2) is 0 Å². The fraction of sp³-hybridized carbons (Fsp3) is 0.238. The molecule has 0 radical (unpaired) electrons. The molecule has 0 aliphatic heterocycles. The van der Waals surface area contributed by atoms with E-state index in [-0.39, 0.29) is 12.3 Å². The summed E-state index contributed by atoms with van der Waals surface area (Å²) in [5, 5.41) is 5.65. The van der Waals surface area contributed by atoms with Gasteiger partial charge in [-0.05, 0) is 36.8 Å². The summed E-state index contributed by atoms with van der Waals surface area (Å²) < 4.78 is 10.8. The van der Waals surface area contributed by atoms with Crippen molar-refractivity contribution in [3.63, 3.8) is 0 Å². The van der Waals surface area contributed by atoms with Gasteiger partial charge in [0.05, 0.1) is 18.7 Å². The van der Waals surface area contributed by atoms with Crippen molar-refractivity contribution < 1.29 is 14.3 Å². The second-order valence-electron chi connectivity index (χ2n) is 6.19. The summed E-state index contributed by atoms with van der Waals surface area (Å²) in [7, 11) is 1.65. The lowest BCUT2D eigenvalue weighted by Gasteiger charge is -2.06. The zero-order valence-corrected chi connectivity index (χ0v) is 16.2. The molecule has 6 heteroatoms. The van der Waals surface area contributed by atoms with Gasteiger partial charge in [-0.2, -0.15) is 0 Å². The number of hydrogen-bond donors (Lipinski definition) is 1. The number of nitrogens with zero attached hydrogens (tertiary/aromatic N) is 1. The Bertz CT molecular complexity index is 890. The highest BCUT2D eigenvalue weighted by atomic mass is 32.1. The largest absolute Gasteiger partial charge is 0.486 e. The summed E-state index contributed by atoms with van der Waals surface area (Å²) in [6.07, 6.45) is 0.232. The summed E-state index contributed by atoms with van der Waals surface area (Å²) in [6, 6.07) is 15.5. The van der Waals surface area contributed by atoms with Crippen molar-refractivity contribution in [2.75, 3.05) is 12.4 Å². The Labute approximate surface area is 163 Å². The Kier molecular flexibility index (Phi) is 6.57. The van der Waals surface area contributed by atoms with Gasteiger partial charge < -0.3 is 14.8 Å². The first-order valence-corrected chi connectivity index (χ1v) is 9.51. The first-order valence-electron chi connectivity index (χ1n) is 8.63. The zero-order chi connectivity index (χ0) is 19.1. The van der Waals surface area contributed by atoms with E-state index >= 15 is 0 Å². The molecule has 1 amide bonds. The average Bonchev–Trinajstić information content (AvgIpc) is 3.09. The van der Waals surface area contributed by atoms with Crippen LogP contribution in [0.4, 0.5) is 5.69 Å². The molecular weight excluding hydrogens is 360 g/mol. The van der Waals surface area contributed by atoms with Crippen LogP contribution >= 0.6 is 11.3 Å². The molecule has 3 aromatic rings. The van der Waals surface area contributed by atoms with Crippen molar-refractivity contribution in [2.24, 2.45) is 0 Å². The van der Waals surface area contributed by atoms with Gasteiger partial charge in [0.2, 0.25) is 5.91 Å². The highest BCUT2D eigenvalue weighted by Gasteiger charge is 2.09. The number of carbonyl (C=O) groups is 1. The SMILES string of the molecule is COCc1cccc(NC(=O)Cc2csc(COc3ccc(C)cc3)n2)c1. The minimum absolute atomic E-state index is 0.0964. The summed E-state index contributed by atoms with van der Waals surface area (Å²) in [6.45, 7) is 2.95. The molecule has 0 spiro atoms. The van der Waals surface area contributed by atoms with E-state index in [2.05, 4.69) is 10.3 Å². The fourth-order valence-corrected chi connectivity index (χ4v) is 3.26. The Balaban J connectivity index is 1.51. The molecular formula is C21H22N2O3S. The summed E-state index contributed by atoms with van der Waals surface area (Å²) in [4.78, 5) is 16.7. The number of benzene rings is 2. The van der Waals surface area contributed by atoms with Crippen LogP contribution in [0.3, 0.4) is 0 Å². The minimum atomic E-state index is -0.0964. The third-order valence-corrected chi connectivity index (χ3v) is 4.72. The maximum atomic E-state index is 12.3. The van der Waals surface area contributed by atoms with E-state index in [4.69, 9.17) is 9.47 Å². The lowest BCUT2D eigenvalue weighted by molar-refractivity contribution is -0.115. The van der Waals surface area contributed by atoms with Crippen LogP contribution < -0.4 is 10.1 Å². The lowest BCUT2D eigenvalue weighted by atomic mass is 10.2. The van der Waals surface area contributed by atoms with Crippen LogP contribution in [0.15, 0.2) is 53.9 Å². The molecule has 0 aliphatic rings. The smallest absolute Gasteiger partial charge is 0.230 e. The van der Waals surface area contributed by atoms with Crippen LogP contribution in [0.1, 0.15) is 21.8 Å². The topological polar surface area (TPSA) is 60.5 Å². The van der Waals surface area contributed by atoms with E-state index in [0.717, 1.165) is 27.7 Å². The van der Waals surface area contributed by atoms with E-state index in [1.807, 2.05) is 60.8 Å². The third kappa shape index (κ3) is 5.91. The average molecular weight is 382 g/mol.